The molecule has 2 aromatic carbocycles. The second-order valence-corrected chi connectivity index (χ2v) is 9.86. The topological polar surface area (TPSA) is 98.8 Å². The van der Waals surface area contributed by atoms with Crippen molar-refractivity contribution in [3.63, 3.8) is 0 Å². The largest absolute Gasteiger partial charge is 0.376 e. The SMILES string of the molecule is O=C(NC1CC1)c1ccc(NCC(=O)N2CCN(S(=O)(=O)c3cccc(F)c3)CC2)cc1. The average Bonchev–Trinajstić information content (AvgIpc) is 3.62. The van der Waals surface area contributed by atoms with Crippen LogP contribution in [0.15, 0.2) is 53.4 Å². The van der Waals surface area contributed by atoms with Crippen molar-refractivity contribution in [1.29, 1.82) is 0 Å². The summed E-state index contributed by atoms with van der Waals surface area (Å²) < 4.78 is 40.0. The molecule has 10 heteroatoms. The predicted molar refractivity (Wildman–Crippen MR) is 117 cm³/mol. The summed E-state index contributed by atoms with van der Waals surface area (Å²) in [7, 11) is -3.80. The second-order valence-electron chi connectivity index (χ2n) is 7.92. The Bertz CT molecular complexity index is 1100. The molecule has 0 atom stereocenters. The van der Waals surface area contributed by atoms with E-state index >= 15 is 0 Å². The lowest BCUT2D eigenvalue weighted by molar-refractivity contribution is -0.130. The molecule has 2 fully saturated rings. The number of hydrogen-bond donors (Lipinski definition) is 2. The van der Waals surface area contributed by atoms with Crippen molar-refractivity contribution >= 4 is 27.5 Å². The molecule has 1 saturated heterocycles. The van der Waals surface area contributed by atoms with Gasteiger partial charge in [0.15, 0.2) is 0 Å². The molecule has 1 heterocycles. The Morgan fingerprint density at radius 1 is 1.00 bits per heavy atom. The van der Waals surface area contributed by atoms with Crippen LogP contribution in [0, 0.1) is 5.82 Å². The Kier molecular flexibility index (Phi) is 6.43. The van der Waals surface area contributed by atoms with Gasteiger partial charge in [0, 0.05) is 43.5 Å². The third kappa shape index (κ3) is 5.25. The lowest BCUT2D eigenvalue weighted by Gasteiger charge is -2.34. The van der Waals surface area contributed by atoms with Crippen molar-refractivity contribution in [2.45, 2.75) is 23.8 Å². The first-order valence-electron chi connectivity index (χ1n) is 10.5. The number of nitrogens with one attached hydrogen (secondary N) is 2. The molecule has 1 saturated carbocycles. The van der Waals surface area contributed by atoms with Gasteiger partial charge < -0.3 is 15.5 Å². The molecule has 4 rings (SSSR count). The highest BCUT2D eigenvalue weighted by atomic mass is 32.2. The van der Waals surface area contributed by atoms with E-state index in [-0.39, 0.29) is 49.4 Å². The lowest BCUT2D eigenvalue weighted by Crippen LogP contribution is -2.51. The third-order valence-corrected chi connectivity index (χ3v) is 7.42. The van der Waals surface area contributed by atoms with E-state index in [2.05, 4.69) is 10.6 Å². The van der Waals surface area contributed by atoms with E-state index in [9.17, 15) is 22.4 Å². The van der Waals surface area contributed by atoms with Crippen molar-refractivity contribution < 1.29 is 22.4 Å². The van der Waals surface area contributed by atoms with Crippen molar-refractivity contribution in [1.82, 2.24) is 14.5 Å². The van der Waals surface area contributed by atoms with Gasteiger partial charge >= 0.3 is 0 Å². The molecule has 0 bridgehead atoms. The van der Waals surface area contributed by atoms with Crippen LogP contribution in [0.25, 0.3) is 0 Å². The van der Waals surface area contributed by atoms with Crippen LogP contribution in [0.4, 0.5) is 10.1 Å². The minimum Gasteiger partial charge on any atom is -0.376 e. The maximum atomic E-state index is 13.4. The molecule has 0 radical (unpaired) electrons. The molecule has 1 aliphatic heterocycles. The molecule has 2 aliphatic rings. The van der Waals surface area contributed by atoms with Gasteiger partial charge in [0.1, 0.15) is 5.82 Å². The quantitative estimate of drug-likeness (QED) is 0.655. The number of rotatable bonds is 7. The number of carbonyl (C=O) groups excluding carboxylic acids is 2. The second kappa shape index (κ2) is 9.25. The van der Waals surface area contributed by atoms with Crippen molar-refractivity contribution in [3.05, 3.63) is 59.9 Å². The smallest absolute Gasteiger partial charge is 0.251 e. The Morgan fingerprint density at radius 3 is 2.31 bits per heavy atom. The molecule has 0 spiro atoms. The van der Waals surface area contributed by atoms with Crippen molar-refractivity contribution in [3.8, 4) is 0 Å². The molecule has 2 aromatic rings. The van der Waals surface area contributed by atoms with Gasteiger partial charge in [-0.3, -0.25) is 9.59 Å². The van der Waals surface area contributed by atoms with Gasteiger partial charge in [-0.25, -0.2) is 12.8 Å². The van der Waals surface area contributed by atoms with Gasteiger partial charge in [0.05, 0.1) is 11.4 Å². The normalized spacial score (nSPS) is 17.1. The molecule has 2 N–H and O–H groups in total. The molecule has 8 nitrogen and oxygen atoms in total. The number of nitrogens with zero attached hydrogens (tertiary/aromatic N) is 2. The van der Waals surface area contributed by atoms with E-state index in [0.717, 1.165) is 18.9 Å². The molecule has 0 aromatic heterocycles. The standard InChI is InChI=1S/C22H25FN4O4S/c23-17-2-1-3-20(14-17)32(30,31)27-12-10-26(11-13-27)21(28)15-24-18-6-4-16(5-7-18)22(29)25-19-8-9-19/h1-7,14,19,24H,8-13,15H2,(H,25,29). The molecular weight excluding hydrogens is 435 g/mol. The van der Waals surface area contributed by atoms with Gasteiger partial charge in [-0.05, 0) is 55.3 Å². The minimum absolute atomic E-state index is 0.0598. The van der Waals surface area contributed by atoms with Crippen LogP contribution >= 0.6 is 0 Å². The van der Waals surface area contributed by atoms with Gasteiger partial charge in [-0.1, -0.05) is 6.07 Å². The third-order valence-electron chi connectivity index (χ3n) is 5.53. The highest BCUT2D eigenvalue weighted by Gasteiger charge is 2.30. The number of piperazine rings is 1. The van der Waals surface area contributed by atoms with E-state index in [1.165, 1.54) is 22.5 Å². The van der Waals surface area contributed by atoms with Crippen LogP contribution in [-0.2, 0) is 14.8 Å². The summed E-state index contributed by atoms with van der Waals surface area (Å²) in [5.41, 5.74) is 1.29. The first-order valence-corrected chi connectivity index (χ1v) is 12.0. The molecule has 2 amide bonds. The van der Waals surface area contributed by atoms with E-state index < -0.39 is 15.8 Å². The lowest BCUT2D eigenvalue weighted by atomic mass is 10.2. The Morgan fingerprint density at radius 2 is 1.69 bits per heavy atom. The molecule has 0 unspecified atom stereocenters. The fraction of sp³-hybridized carbons (Fsp3) is 0.364. The first kappa shape index (κ1) is 22.2. The monoisotopic (exact) mass is 460 g/mol. The summed E-state index contributed by atoms with van der Waals surface area (Å²) in [6, 6.07) is 12.1. The van der Waals surface area contributed by atoms with E-state index in [0.29, 0.717) is 17.3 Å². The number of hydrogen-bond acceptors (Lipinski definition) is 5. The summed E-state index contributed by atoms with van der Waals surface area (Å²) >= 11 is 0. The van der Waals surface area contributed by atoms with Crippen LogP contribution < -0.4 is 10.6 Å². The predicted octanol–water partition coefficient (Wildman–Crippen LogP) is 1.66. The Hall–Kier alpha value is -2.98. The zero-order valence-electron chi connectivity index (χ0n) is 17.5. The summed E-state index contributed by atoms with van der Waals surface area (Å²) in [6.45, 7) is 0.875. The van der Waals surface area contributed by atoms with Gasteiger partial charge in [-0.15, -0.1) is 0 Å². The number of anilines is 1. The molecule has 1 aliphatic carbocycles. The minimum atomic E-state index is -3.80. The first-order chi connectivity index (χ1) is 15.3. The summed E-state index contributed by atoms with van der Waals surface area (Å²) in [5, 5.41) is 5.96. The van der Waals surface area contributed by atoms with Gasteiger partial charge in [0.25, 0.3) is 5.91 Å². The molecular formula is C22H25FN4O4S. The zero-order chi connectivity index (χ0) is 22.7. The van der Waals surface area contributed by atoms with Crippen LogP contribution in [-0.4, -0.2) is 68.2 Å². The van der Waals surface area contributed by atoms with Crippen LogP contribution in [0.5, 0.6) is 0 Å². The zero-order valence-corrected chi connectivity index (χ0v) is 18.3. The van der Waals surface area contributed by atoms with Crippen molar-refractivity contribution in [2.75, 3.05) is 38.0 Å². The van der Waals surface area contributed by atoms with Gasteiger partial charge in [0.2, 0.25) is 15.9 Å². The maximum Gasteiger partial charge on any atom is 0.251 e. The number of sulfonamides is 1. The molecule has 32 heavy (non-hydrogen) atoms. The van der Waals surface area contributed by atoms with Crippen LogP contribution in [0.3, 0.4) is 0 Å². The molecule has 170 valence electrons. The van der Waals surface area contributed by atoms with Crippen LogP contribution in [0.1, 0.15) is 23.2 Å². The highest BCUT2D eigenvalue weighted by molar-refractivity contribution is 7.89. The number of carbonyl (C=O) groups is 2. The summed E-state index contributed by atoms with van der Waals surface area (Å²) in [6.07, 6.45) is 2.05. The van der Waals surface area contributed by atoms with E-state index in [4.69, 9.17) is 0 Å². The van der Waals surface area contributed by atoms with Crippen molar-refractivity contribution in [2.24, 2.45) is 0 Å². The van der Waals surface area contributed by atoms with E-state index in [1.54, 1.807) is 29.2 Å². The fourth-order valence-electron chi connectivity index (χ4n) is 3.48. The summed E-state index contributed by atoms with van der Waals surface area (Å²) in [4.78, 5) is 26.1. The average molecular weight is 461 g/mol. The Labute approximate surface area is 186 Å². The fourth-order valence-corrected chi connectivity index (χ4v) is 4.93. The number of amides is 2. The number of halogens is 1. The number of benzene rings is 2. The van der Waals surface area contributed by atoms with Gasteiger partial charge in [-0.2, -0.15) is 4.31 Å². The van der Waals surface area contributed by atoms with Crippen LogP contribution in [0.2, 0.25) is 0 Å². The van der Waals surface area contributed by atoms with E-state index in [1.807, 2.05) is 0 Å². The maximum absolute atomic E-state index is 13.4. The highest BCUT2D eigenvalue weighted by Crippen LogP contribution is 2.20. The Balaban J connectivity index is 1.26. The summed E-state index contributed by atoms with van der Waals surface area (Å²) in [5.74, 6) is -0.855.